The van der Waals surface area contributed by atoms with Gasteiger partial charge in [-0.25, -0.2) is 0 Å². The van der Waals surface area contributed by atoms with Crippen LogP contribution in [-0.2, 0) is 13.7 Å². The predicted octanol–water partition coefficient (Wildman–Crippen LogP) is 0.408. The highest BCUT2D eigenvalue weighted by atomic mass is 16.5. The van der Waals surface area contributed by atoms with E-state index in [1.807, 2.05) is 25.1 Å². The molecule has 0 unspecified atom stereocenters. The second-order valence-corrected chi connectivity index (χ2v) is 3.97. The minimum absolute atomic E-state index is 0.293. The van der Waals surface area contributed by atoms with Gasteiger partial charge < -0.3 is 10.5 Å². The SMILES string of the molecule is Cc1cc(OCc2nnn(C)n2)ccc1C#CCN. The van der Waals surface area contributed by atoms with Crippen molar-refractivity contribution >= 4 is 0 Å². The number of aryl methyl sites for hydroxylation is 2. The molecule has 2 N–H and O–H groups in total. The van der Waals surface area contributed by atoms with Crippen molar-refractivity contribution in [1.82, 2.24) is 20.2 Å². The Morgan fingerprint density at radius 3 is 2.89 bits per heavy atom. The molecule has 98 valence electrons. The maximum atomic E-state index is 5.59. The van der Waals surface area contributed by atoms with Gasteiger partial charge in [-0.3, -0.25) is 0 Å². The van der Waals surface area contributed by atoms with Crippen LogP contribution in [0.15, 0.2) is 18.2 Å². The zero-order valence-corrected chi connectivity index (χ0v) is 10.9. The number of rotatable bonds is 3. The van der Waals surface area contributed by atoms with Gasteiger partial charge in [-0.05, 0) is 35.9 Å². The lowest BCUT2D eigenvalue weighted by atomic mass is 10.1. The summed E-state index contributed by atoms with van der Waals surface area (Å²) >= 11 is 0. The molecular formula is C13H15N5O. The Kier molecular flexibility index (Phi) is 4.11. The van der Waals surface area contributed by atoms with Gasteiger partial charge in [0.25, 0.3) is 0 Å². The topological polar surface area (TPSA) is 78.9 Å². The molecule has 1 aromatic carbocycles. The van der Waals surface area contributed by atoms with Crippen molar-refractivity contribution in [2.45, 2.75) is 13.5 Å². The van der Waals surface area contributed by atoms with Crippen LogP contribution in [0.25, 0.3) is 0 Å². The summed E-state index contributed by atoms with van der Waals surface area (Å²) in [6, 6.07) is 5.71. The standard InChI is InChI=1S/C13H15N5O/c1-10-8-12(6-5-11(10)4-3-7-14)19-9-13-15-17-18(2)16-13/h5-6,8H,7,9,14H2,1-2H3. The molecule has 0 bridgehead atoms. The summed E-state index contributed by atoms with van der Waals surface area (Å²) in [5, 5.41) is 11.6. The third kappa shape index (κ3) is 3.53. The molecule has 6 nitrogen and oxygen atoms in total. The van der Waals surface area contributed by atoms with E-state index in [-0.39, 0.29) is 0 Å². The first kappa shape index (κ1) is 13.1. The zero-order chi connectivity index (χ0) is 13.7. The number of benzene rings is 1. The van der Waals surface area contributed by atoms with Gasteiger partial charge in [-0.2, -0.15) is 4.80 Å². The summed E-state index contributed by atoms with van der Waals surface area (Å²) in [6.07, 6.45) is 0. The number of nitrogens with two attached hydrogens (primary N) is 1. The van der Waals surface area contributed by atoms with Gasteiger partial charge in [0.2, 0.25) is 5.82 Å². The van der Waals surface area contributed by atoms with E-state index < -0.39 is 0 Å². The van der Waals surface area contributed by atoms with Crippen LogP contribution in [0, 0.1) is 18.8 Å². The average molecular weight is 257 g/mol. The molecule has 2 rings (SSSR count). The third-order valence-corrected chi connectivity index (χ3v) is 2.44. The van der Waals surface area contributed by atoms with E-state index in [1.54, 1.807) is 7.05 Å². The van der Waals surface area contributed by atoms with Gasteiger partial charge in [0.1, 0.15) is 5.75 Å². The number of ether oxygens (including phenoxy) is 1. The van der Waals surface area contributed by atoms with Crippen molar-refractivity contribution in [2.24, 2.45) is 12.8 Å². The van der Waals surface area contributed by atoms with Crippen LogP contribution in [-0.4, -0.2) is 26.8 Å². The van der Waals surface area contributed by atoms with Crippen LogP contribution in [0.1, 0.15) is 17.0 Å². The molecule has 0 aliphatic carbocycles. The van der Waals surface area contributed by atoms with Crippen molar-refractivity contribution < 1.29 is 4.74 Å². The Hall–Kier alpha value is -2.39. The lowest BCUT2D eigenvalue weighted by molar-refractivity contribution is 0.295. The van der Waals surface area contributed by atoms with Crippen LogP contribution in [0.4, 0.5) is 0 Å². The second kappa shape index (κ2) is 5.98. The van der Waals surface area contributed by atoms with E-state index in [0.29, 0.717) is 19.0 Å². The van der Waals surface area contributed by atoms with E-state index in [1.165, 1.54) is 4.80 Å². The van der Waals surface area contributed by atoms with E-state index in [9.17, 15) is 0 Å². The van der Waals surface area contributed by atoms with Crippen LogP contribution in [0.5, 0.6) is 5.75 Å². The van der Waals surface area contributed by atoms with E-state index in [4.69, 9.17) is 10.5 Å². The largest absolute Gasteiger partial charge is 0.485 e. The fourth-order valence-electron chi connectivity index (χ4n) is 1.54. The quantitative estimate of drug-likeness (QED) is 0.806. The lowest BCUT2D eigenvalue weighted by Crippen LogP contribution is -1.99. The van der Waals surface area contributed by atoms with Gasteiger partial charge in [-0.15, -0.1) is 10.2 Å². The fraction of sp³-hybridized carbons (Fsp3) is 0.308. The highest BCUT2D eigenvalue weighted by Crippen LogP contribution is 2.17. The van der Waals surface area contributed by atoms with Gasteiger partial charge in [0.05, 0.1) is 13.6 Å². The average Bonchev–Trinajstić information content (AvgIpc) is 2.81. The molecule has 6 heteroatoms. The molecule has 0 radical (unpaired) electrons. The molecule has 2 aromatic rings. The number of hydrogen-bond donors (Lipinski definition) is 1. The van der Waals surface area contributed by atoms with Gasteiger partial charge in [0.15, 0.2) is 6.61 Å². The normalized spacial score (nSPS) is 9.84. The van der Waals surface area contributed by atoms with Crippen LogP contribution >= 0.6 is 0 Å². The molecule has 0 saturated carbocycles. The molecule has 0 fully saturated rings. The minimum atomic E-state index is 0.293. The molecule has 0 amide bonds. The smallest absolute Gasteiger partial charge is 0.212 e. The Balaban J connectivity index is 2.03. The summed E-state index contributed by atoms with van der Waals surface area (Å²) in [5.74, 6) is 7.14. The minimum Gasteiger partial charge on any atom is -0.485 e. The molecule has 0 aliphatic heterocycles. The second-order valence-electron chi connectivity index (χ2n) is 3.97. The van der Waals surface area contributed by atoms with Crippen LogP contribution in [0.3, 0.4) is 0 Å². The van der Waals surface area contributed by atoms with Crippen molar-refractivity contribution in [1.29, 1.82) is 0 Å². The van der Waals surface area contributed by atoms with Gasteiger partial charge >= 0.3 is 0 Å². The number of aromatic nitrogens is 4. The van der Waals surface area contributed by atoms with Crippen molar-refractivity contribution in [3.63, 3.8) is 0 Å². The van der Waals surface area contributed by atoms with E-state index in [0.717, 1.165) is 16.9 Å². The predicted molar refractivity (Wildman–Crippen MR) is 70.2 cm³/mol. The van der Waals surface area contributed by atoms with E-state index in [2.05, 4.69) is 27.3 Å². The summed E-state index contributed by atoms with van der Waals surface area (Å²) in [6.45, 7) is 2.63. The number of nitrogens with zero attached hydrogens (tertiary/aromatic N) is 4. The monoisotopic (exact) mass is 257 g/mol. The molecule has 0 spiro atoms. The fourth-order valence-corrected chi connectivity index (χ4v) is 1.54. The molecule has 1 aromatic heterocycles. The maximum absolute atomic E-state index is 5.59. The summed E-state index contributed by atoms with van der Waals surface area (Å²) in [5.41, 5.74) is 7.35. The maximum Gasteiger partial charge on any atom is 0.212 e. The van der Waals surface area contributed by atoms with Crippen LogP contribution in [0.2, 0.25) is 0 Å². The number of tetrazole rings is 1. The summed E-state index contributed by atoms with van der Waals surface area (Å²) in [7, 11) is 1.71. The zero-order valence-electron chi connectivity index (χ0n) is 10.9. The highest BCUT2D eigenvalue weighted by Gasteiger charge is 2.03. The Morgan fingerprint density at radius 2 is 2.26 bits per heavy atom. The Bertz CT molecular complexity index is 623. The van der Waals surface area contributed by atoms with Crippen molar-refractivity contribution in [2.75, 3.05) is 6.54 Å². The molecule has 0 aliphatic rings. The number of hydrogen-bond acceptors (Lipinski definition) is 5. The first-order valence-corrected chi connectivity index (χ1v) is 5.84. The van der Waals surface area contributed by atoms with Crippen LogP contribution < -0.4 is 10.5 Å². The molecule has 19 heavy (non-hydrogen) atoms. The highest BCUT2D eigenvalue weighted by molar-refractivity contribution is 5.44. The van der Waals surface area contributed by atoms with Crippen molar-refractivity contribution in [3.05, 3.63) is 35.2 Å². The molecular weight excluding hydrogens is 242 g/mol. The lowest BCUT2D eigenvalue weighted by Gasteiger charge is -2.05. The van der Waals surface area contributed by atoms with E-state index >= 15 is 0 Å². The molecule has 0 atom stereocenters. The van der Waals surface area contributed by atoms with Crippen molar-refractivity contribution in [3.8, 4) is 17.6 Å². The van der Waals surface area contributed by atoms with Gasteiger partial charge in [-0.1, -0.05) is 11.8 Å². The Labute approximate surface area is 111 Å². The third-order valence-electron chi connectivity index (χ3n) is 2.44. The first-order valence-electron chi connectivity index (χ1n) is 5.84. The first-order chi connectivity index (χ1) is 9.19. The summed E-state index contributed by atoms with van der Waals surface area (Å²) in [4.78, 5) is 1.40. The van der Waals surface area contributed by atoms with Gasteiger partial charge in [0, 0.05) is 5.56 Å². The molecule has 1 heterocycles. The Morgan fingerprint density at radius 1 is 1.42 bits per heavy atom. The summed E-state index contributed by atoms with van der Waals surface area (Å²) < 4.78 is 5.59. The molecule has 0 saturated heterocycles.